The van der Waals surface area contributed by atoms with Gasteiger partial charge < -0.3 is 4.74 Å². The van der Waals surface area contributed by atoms with Crippen molar-refractivity contribution in [3.63, 3.8) is 0 Å². The van der Waals surface area contributed by atoms with Gasteiger partial charge in [0, 0.05) is 6.07 Å². The average molecular weight is 407 g/mol. The van der Waals surface area contributed by atoms with Crippen molar-refractivity contribution in [2.75, 3.05) is 6.61 Å². The molecule has 0 aromatic heterocycles. The van der Waals surface area contributed by atoms with Crippen LogP contribution in [0.2, 0.25) is 0 Å². The molecule has 0 saturated heterocycles. The third-order valence-corrected chi connectivity index (χ3v) is 7.58. The van der Waals surface area contributed by atoms with Gasteiger partial charge in [0.2, 0.25) is 0 Å². The predicted molar refractivity (Wildman–Crippen MR) is 116 cm³/mol. The molecule has 2 saturated carbocycles. The Kier molecular flexibility index (Phi) is 9.27. The third kappa shape index (κ3) is 7.26. The number of halogens is 2. The van der Waals surface area contributed by atoms with E-state index in [1.807, 2.05) is 0 Å². The lowest BCUT2D eigenvalue weighted by Crippen LogP contribution is -2.26. The van der Waals surface area contributed by atoms with Crippen LogP contribution in [0.4, 0.5) is 8.78 Å². The van der Waals surface area contributed by atoms with Crippen LogP contribution in [-0.4, -0.2) is 6.61 Å². The molecule has 0 unspecified atom stereocenters. The van der Waals surface area contributed by atoms with Crippen molar-refractivity contribution < 1.29 is 13.5 Å². The highest BCUT2D eigenvalue weighted by Gasteiger charge is 2.30. The Morgan fingerprint density at radius 1 is 0.759 bits per heavy atom. The number of ether oxygens (including phenoxy) is 1. The first-order valence-electron chi connectivity index (χ1n) is 12.2. The summed E-state index contributed by atoms with van der Waals surface area (Å²) in [6.45, 7) is 2.89. The van der Waals surface area contributed by atoms with E-state index >= 15 is 0 Å². The van der Waals surface area contributed by atoms with E-state index in [4.69, 9.17) is 4.74 Å². The standard InChI is InChI=1S/C26H40F2O/c1-2-3-4-6-20-8-12-22(13-9-20)23-14-10-21(11-15-23)7-5-18-29-24-16-17-25(27)26(28)19-24/h16-17,19-23H,2-15,18H2,1H3. The highest BCUT2D eigenvalue weighted by Crippen LogP contribution is 2.43. The van der Waals surface area contributed by atoms with E-state index in [-0.39, 0.29) is 0 Å². The third-order valence-electron chi connectivity index (χ3n) is 7.58. The molecule has 2 fully saturated rings. The fourth-order valence-electron chi connectivity index (χ4n) is 5.71. The average Bonchev–Trinajstić information content (AvgIpc) is 2.75. The second kappa shape index (κ2) is 11.9. The van der Waals surface area contributed by atoms with Gasteiger partial charge in [-0.3, -0.25) is 0 Å². The number of benzene rings is 1. The Hall–Kier alpha value is -1.12. The summed E-state index contributed by atoms with van der Waals surface area (Å²) in [6.07, 6.45) is 19.4. The van der Waals surface area contributed by atoms with E-state index < -0.39 is 11.6 Å². The topological polar surface area (TPSA) is 9.23 Å². The first kappa shape index (κ1) is 22.6. The van der Waals surface area contributed by atoms with Crippen LogP contribution in [0.1, 0.15) is 96.8 Å². The van der Waals surface area contributed by atoms with E-state index in [9.17, 15) is 8.78 Å². The largest absolute Gasteiger partial charge is 0.493 e. The van der Waals surface area contributed by atoms with Crippen molar-refractivity contribution in [3.8, 4) is 5.75 Å². The Bertz CT molecular complexity index is 586. The van der Waals surface area contributed by atoms with Crippen LogP contribution < -0.4 is 4.74 Å². The van der Waals surface area contributed by atoms with Crippen molar-refractivity contribution >= 4 is 0 Å². The monoisotopic (exact) mass is 406 g/mol. The molecular formula is C26H40F2O. The molecule has 0 N–H and O–H groups in total. The normalized spacial score (nSPS) is 27.7. The van der Waals surface area contributed by atoms with Crippen molar-refractivity contribution in [1.29, 1.82) is 0 Å². The molecule has 0 atom stereocenters. The van der Waals surface area contributed by atoms with Crippen LogP contribution in [0.3, 0.4) is 0 Å². The minimum Gasteiger partial charge on any atom is -0.493 e. The van der Waals surface area contributed by atoms with Crippen molar-refractivity contribution in [3.05, 3.63) is 29.8 Å². The molecule has 1 aromatic carbocycles. The first-order chi connectivity index (χ1) is 14.2. The van der Waals surface area contributed by atoms with E-state index in [0.717, 1.165) is 42.2 Å². The summed E-state index contributed by atoms with van der Waals surface area (Å²) in [5.41, 5.74) is 0. The molecule has 0 heterocycles. The lowest BCUT2D eigenvalue weighted by Gasteiger charge is -2.38. The maximum atomic E-state index is 13.2. The fraction of sp³-hybridized carbons (Fsp3) is 0.769. The molecule has 2 aliphatic carbocycles. The van der Waals surface area contributed by atoms with Gasteiger partial charge in [-0.05, 0) is 74.3 Å². The molecule has 1 nitrogen and oxygen atoms in total. The molecule has 3 rings (SSSR count). The number of unbranched alkanes of at least 4 members (excludes halogenated alkanes) is 2. The second-order valence-electron chi connectivity index (χ2n) is 9.62. The molecule has 0 amide bonds. The molecule has 3 heteroatoms. The summed E-state index contributed by atoms with van der Waals surface area (Å²) in [7, 11) is 0. The first-order valence-corrected chi connectivity index (χ1v) is 12.2. The van der Waals surface area contributed by atoms with E-state index in [1.165, 1.54) is 89.5 Å². The van der Waals surface area contributed by atoms with E-state index in [0.29, 0.717) is 12.4 Å². The molecule has 29 heavy (non-hydrogen) atoms. The number of rotatable bonds is 10. The number of hydrogen-bond acceptors (Lipinski definition) is 1. The van der Waals surface area contributed by atoms with Crippen molar-refractivity contribution in [2.24, 2.45) is 23.7 Å². The smallest absolute Gasteiger partial charge is 0.162 e. The zero-order valence-corrected chi connectivity index (χ0v) is 18.3. The maximum Gasteiger partial charge on any atom is 0.162 e. The quantitative estimate of drug-likeness (QED) is 0.355. The van der Waals surface area contributed by atoms with Gasteiger partial charge in [-0.25, -0.2) is 8.78 Å². The highest BCUT2D eigenvalue weighted by molar-refractivity contribution is 5.23. The van der Waals surface area contributed by atoms with Crippen LogP contribution >= 0.6 is 0 Å². The summed E-state index contributed by atoms with van der Waals surface area (Å²) in [6, 6.07) is 3.77. The molecule has 164 valence electrons. The van der Waals surface area contributed by atoms with Gasteiger partial charge in [0.1, 0.15) is 5.75 Å². The van der Waals surface area contributed by atoms with Crippen LogP contribution in [0.5, 0.6) is 5.75 Å². The Balaban J connectivity index is 1.26. The summed E-state index contributed by atoms with van der Waals surface area (Å²) >= 11 is 0. The fourth-order valence-corrected chi connectivity index (χ4v) is 5.71. The van der Waals surface area contributed by atoms with Gasteiger partial charge in [0.05, 0.1) is 6.61 Å². The van der Waals surface area contributed by atoms with Gasteiger partial charge in [0.25, 0.3) is 0 Å². The minimum atomic E-state index is -0.837. The lowest BCUT2D eigenvalue weighted by molar-refractivity contribution is 0.138. The molecule has 1 aromatic rings. The van der Waals surface area contributed by atoms with Crippen molar-refractivity contribution in [2.45, 2.75) is 96.8 Å². The summed E-state index contributed by atoms with van der Waals surface area (Å²) in [4.78, 5) is 0. The van der Waals surface area contributed by atoms with Crippen LogP contribution in [-0.2, 0) is 0 Å². The van der Waals surface area contributed by atoms with Gasteiger partial charge in [-0.15, -0.1) is 0 Å². The predicted octanol–water partition coefficient (Wildman–Crippen LogP) is 8.32. The molecule has 2 aliphatic rings. The summed E-state index contributed by atoms with van der Waals surface area (Å²) < 4.78 is 31.7. The lowest BCUT2D eigenvalue weighted by atomic mass is 9.68. The van der Waals surface area contributed by atoms with E-state index in [1.54, 1.807) is 0 Å². The minimum absolute atomic E-state index is 0.429. The molecule has 0 bridgehead atoms. The Labute approximate surface area is 176 Å². The van der Waals surface area contributed by atoms with Gasteiger partial charge in [-0.1, -0.05) is 58.3 Å². The van der Waals surface area contributed by atoms with Crippen LogP contribution in [0, 0.1) is 35.3 Å². The van der Waals surface area contributed by atoms with Gasteiger partial charge >= 0.3 is 0 Å². The maximum absolute atomic E-state index is 13.2. The van der Waals surface area contributed by atoms with Gasteiger partial charge in [-0.2, -0.15) is 0 Å². The summed E-state index contributed by atoms with van der Waals surface area (Å²) in [5, 5.41) is 0. The molecular weight excluding hydrogens is 366 g/mol. The molecule has 0 radical (unpaired) electrons. The Morgan fingerprint density at radius 3 is 1.90 bits per heavy atom. The van der Waals surface area contributed by atoms with Gasteiger partial charge in [0.15, 0.2) is 11.6 Å². The highest BCUT2D eigenvalue weighted by atomic mass is 19.2. The van der Waals surface area contributed by atoms with Crippen LogP contribution in [0.15, 0.2) is 18.2 Å². The van der Waals surface area contributed by atoms with Crippen molar-refractivity contribution in [1.82, 2.24) is 0 Å². The van der Waals surface area contributed by atoms with E-state index in [2.05, 4.69) is 6.92 Å². The second-order valence-corrected chi connectivity index (χ2v) is 9.62. The Morgan fingerprint density at radius 2 is 1.34 bits per heavy atom. The molecule has 0 aliphatic heterocycles. The zero-order chi connectivity index (χ0) is 20.5. The number of hydrogen-bond donors (Lipinski definition) is 0. The SMILES string of the molecule is CCCCCC1CCC(C2CCC(CCCOc3ccc(F)c(F)c3)CC2)CC1. The molecule has 0 spiro atoms. The van der Waals surface area contributed by atoms with Crippen LogP contribution in [0.25, 0.3) is 0 Å². The summed E-state index contributed by atoms with van der Waals surface area (Å²) in [5.74, 6) is 2.58. The zero-order valence-electron chi connectivity index (χ0n) is 18.3.